The molecule has 0 aliphatic carbocycles. The molecule has 0 saturated heterocycles. The molecule has 0 amide bonds. The van der Waals surface area contributed by atoms with Crippen molar-refractivity contribution >= 4 is 22.1 Å². The van der Waals surface area contributed by atoms with Crippen molar-refractivity contribution in [2.45, 2.75) is 40.0 Å². The molecule has 0 spiro atoms. The average Bonchev–Trinajstić information content (AvgIpc) is 3.27. The molecule has 0 aliphatic heterocycles. The van der Waals surface area contributed by atoms with Gasteiger partial charge in [0.05, 0.1) is 22.1 Å². The zero-order chi connectivity index (χ0) is 20.8. The standard InChI is InChI=1S/C23H23N7/c1-5-14(2)21-26-22(29-15(3)24-17-10-6-8-12-19(17)29)28-23(27-21)30-16(4)25-18-11-7-9-13-20(18)30/h6-14H,5H2,1-4H3. The highest BCUT2D eigenvalue weighted by atomic mass is 15.3. The molecule has 1 unspecified atom stereocenters. The Kier molecular flexibility index (Phi) is 4.31. The van der Waals surface area contributed by atoms with E-state index in [-0.39, 0.29) is 5.92 Å². The Morgan fingerprint density at radius 2 is 1.17 bits per heavy atom. The number of fused-ring (bicyclic) bond motifs is 2. The Morgan fingerprint density at radius 1 is 0.700 bits per heavy atom. The maximum Gasteiger partial charge on any atom is 0.240 e. The van der Waals surface area contributed by atoms with Gasteiger partial charge < -0.3 is 0 Å². The second-order valence-electron chi connectivity index (χ2n) is 7.57. The lowest BCUT2D eigenvalue weighted by atomic mass is 10.1. The number of nitrogens with zero attached hydrogens (tertiary/aromatic N) is 7. The van der Waals surface area contributed by atoms with Gasteiger partial charge in [0, 0.05) is 5.92 Å². The molecule has 7 heteroatoms. The van der Waals surface area contributed by atoms with Crippen LogP contribution in [0.2, 0.25) is 0 Å². The lowest BCUT2D eigenvalue weighted by Crippen LogP contribution is -2.14. The number of aryl methyl sites for hydroxylation is 2. The first kappa shape index (κ1) is 18.4. The van der Waals surface area contributed by atoms with E-state index in [0.29, 0.717) is 11.9 Å². The van der Waals surface area contributed by atoms with Crippen LogP contribution in [0.3, 0.4) is 0 Å². The minimum absolute atomic E-state index is 0.204. The SMILES string of the molecule is CCC(C)c1nc(-n2c(C)nc3ccccc32)nc(-n2c(C)nc3ccccc32)n1. The van der Waals surface area contributed by atoms with Gasteiger partial charge in [-0.05, 0) is 44.5 Å². The van der Waals surface area contributed by atoms with Gasteiger partial charge in [0.2, 0.25) is 11.9 Å². The second kappa shape index (κ2) is 7.02. The number of imidazole rings is 2. The number of rotatable bonds is 4. The van der Waals surface area contributed by atoms with Crippen LogP contribution in [0.1, 0.15) is 43.7 Å². The average molecular weight is 397 g/mol. The van der Waals surface area contributed by atoms with Gasteiger partial charge in [0.25, 0.3) is 0 Å². The minimum atomic E-state index is 0.204. The predicted octanol–water partition coefficient (Wildman–Crippen LogP) is 4.68. The topological polar surface area (TPSA) is 74.3 Å². The summed E-state index contributed by atoms with van der Waals surface area (Å²) in [6.45, 7) is 8.23. The fourth-order valence-electron chi connectivity index (χ4n) is 3.77. The number of hydrogen-bond donors (Lipinski definition) is 0. The summed E-state index contributed by atoms with van der Waals surface area (Å²) in [5.74, 6) is 3.83. The molecule has 0 fully saturated rings. The number of para-hydroxylation sites is 4. The molecule has 3 heterocycles. The Hall–Kier alpha value is -3.61. The van der Waals surface area contributed by atoms with Crippen LogP contribution in [0.25, 0.3) is 34.0 Å². The third-order valence-electron chi connectivity index (χ3n) is 5.54. The first-order valence-corrected chi connectivity index (χ1v) is 10.2. The van der Waals surface area contributed by atoms with Gasteiger partial charge >= 0.3 is 0 Å². The van der Waals surface area contributed by atoms with Crippen LogP contribution in [0.4, 0.5) is 0 Å². The van der Waals surface area contributed by atoms with Crippen molar-refractivity contribution in [2.75, 3.05) is 0 Å². The first-order chi connectivity index (χ1) is 14.6. The molecule has 3 aromatic heterocycles. The van der Waals surface area contributed by atoms with Gasteiger partial charge in [-0.2, -0.15) is 15.0 Å². The quantitative estimate of drug-likeness (QED) is 0.440. The highest BCUT2D eigenvalue weighted by Crippen LogP contribution is 2.24. The molecule has 1 atom stereocenters. The summed E-state index contributed by atoms with van der Waals surface area (Å²) in [7, 11) is 0. The van der Waals surface area contributed by atoms with Gasteiger partial charge in [-0.25, -0.2) is 9.97 Å². The summed E-state index contributed by atoms with van der Waals surface area (Å²) < 4.78 is 4.00. The second-order valence-corrected chi connectivity index (χ2v) is 7.57. The Balaban J connectivity index is 1.81. The molecule has 0 aliphatic rings. The highest BCUT2D eigenvalue weighted by molar-refractivity contribution is 5.78. The molecular formula is C23H23N7. The monoisotopic (exact) mass is 397 g/mol. The van der Waals surface area contributed by atoms with Crippen molar-refractivity contribution in [3.05, 3.63) is 66.0 Å². The zero-order valence-corrected chi connectivity index (χ0v) is 17.5. The summed E-state index contributed by atoms with van der Waals surface area (Å²) in [6.07, 6.45) is 0.941. The van der Waals surface area contributed by atoms with Gasteiger partial charge in [-0.1, -0.05) is 38.1 Å². The molecular weight excluding hydrogens is 374 g/mol. The van der Waals surface area contributed by atoms with Crippen LogP contribution in [-0.2, 0) is 0 Å². The van der Waals surface area contributed by atoms with E-state index in [1.54, 1.807) is 0 Å². The molecule has 5 rings (SSSR count). The number of aromatic nitrogens is 7. The van der Waals surface area contributed by atoms with Gasteiger partial charge in [-0.3, -0.25) is 9.13 Å². The van der Waals surface area contributed by atoms with Crippen molar-refractivity contribution in [1.82, 2.24) is 34.1 Å². The van der Waals surface area contributed by atoms with Gasteiger partial charge in [0.1, 0.15) is 17.5 Å². The summed E-state index contributed by atoms with van der Waals surface area (Å²) in [5.41, 5.74) is 3.81. The van der Waals surface area contributed by atoms with E-state index in [1.165, 1.54) is 0 Å². The van der Waals surface area contributed by atoms with Crippen LogP contribution in [0.15, 0.2) is 48.5 Å². The third kappa shape index (κ3) is 2.85. The van der Waals surface area contributed by atoms with E-state index in [9.17, 15) is 0 Å². The van der Waals surface area contributed by atoms with Crippen molar-refractivity contribution in [1.29, 1.82) is 0 Å². The fraction of sp³-hybridized carbons (Fsp3) is 0.261. The molecule has 150 valence electrons. The lowest BCUT2D eigenvalue weighted by molar-refractivity contribution is 0.655. The van der Waals surface area contributed by atoms with E-state index in [1.807, 2.05) is 71.5 Å². The van der Waals surface area contributed by atoms with E-state index in [4.69, 9.17) is 15.0 Å². The Morgan fingerprint density at radius 3 is 1.63 bits per heavy atom. The molecule has 5 aromatic rings. The van der Waals surface area contributed by atoms with E-state index in [2.05, 4.69) is 23.8 Å². The lowest BCUT2D eigenvalue weighted by Gasteiger charge is -2.14. The molecule has 0 radical (unpaired) electrons. The third-order valence-corrected chi connectivity index (χ3v) is 5.54. The molecule has 7 nitrogen and oxygen atoms in total. The normalized spacial score (nSPS) is 12.7. The maximum absolute atomic E-state index is 4.88. The van der Waals surface area contributed by atoms with E-state index >= 15 is 0 Å². The summed E-state index contributed by atoms with van der Waals surface area (Å²) in [4.78, 5) is 23.9. The van der Waals surface area contributed by atoms with E-state index < -0.39 is 0 Å². The summed E-state index contributed by atoms with van der Waals surface area (Å²) in [5, 5.41) is 0. The first-order valence-electron chi connectivity index (χ1n) is 10.2. The van der Waals surface area contributed by atoms with Crippen molar-refractivity contribution in [2.24, 2.45) is 0 Å². The molecule has 0 N–H and O–H groups in total. The van der Waals surface area contributed by atoms with Crippen LogP contribution >= 0.6 is 0 Å². The Bertz CT molecular complexity index is 1280. The zero-order valence-electron chi connectivity index (χ0n) is 17.5. The van der Waals surface area contributed by atoms with Crippen LogP contribution in [0.5, 0.6) is 0 Å². The predicted molar refractivity (Wildman–Crippen MR) is 117 cm³/mol. The molecule has 0 bridgehead atoms. The maximum atomic E-state index is 4.88. The smallest absolute Gasteiger partial charge is 0.240 e. The molecule has 2 aromatic carbocycles. The van der Waals surface area contributed by atoms with Crippen molar-refractivity contribution < 1.29 is 0 Å². The van der Waals surface area contributed by atoms with Crippen LogP contribution < -0.4 is 0 Å². The number of hydrogen-bond acceptors (Lipinski definition) is 5. The fourth-order valence-corrected chi connectivity index (χ4v) is 3.77. The van der Waals surface area contributed by atoms with Crippen LogP contribution in [0, 0.1) is 13.8 Å². The largest absolute Gasteiger partial charge is 0.264 e. The number of benzene rings is 2. The van der Waals surface area contributed by atoms with Gasteiger partial charge in [0.15, 0.2) is 0 Å². The summed E-state index contributed by atoms with van der Waals surface area (Å²) >= 11 is 0. The summed E-state index contributed by atoms with van der Waals surface area (Å²) in [6, 6.07) is 16.1. The van der Waals surface area contributed by atoms with Crippen molar-refractivity contribution in [3.63, 3.8) is 0 Å². The highest BCUT2D eigenvalue weighted by Gasteiger charge is 2.19. The van der Waals surface area contributed by atoms with E-state index in [0.717, 1.165) is 46.0 Å². The minimum Gasteiger partial charge on any atom is -0.264 e. The van der Waals surface area contributed by atoms with Gasteiger partial charge in [-0.15, -0.1) is 0 Å². The van der Waals surface area contributed by atoms with Crippen molar-refractivity contribution in [3.8, 4) is 11.9 Å². The van der Waals surface area contributed by atoms with Crippen LogP contribution in [-0.4, -0.2) is 34.1 Å². The molecule has 30 heavy (non-hydrogen) atoms. The Labute approximate surface area is 174 Å². The molecule has 0 saturated carbocycles.